The summed E-state index contributed by atoms with van der Waals surface area (Å²) in [4.78, 5) is 1.16. The second-order valence-electron chi connectivity index (χ2n) is 8.68. The molecule has 0 unspecified atom stereocenters. The van der Waals surface area contributed by atoms with Gasteiger partial charge in [0.1, 0.15) is 11.6 Å². The van der Waals surface area contributed by atoms with Crippen LogP contribution in [0.15, 0.2) is 102 Å². The van der Waals surface area contributed by atoms with E-state index in [1.54, 1.807) is 24.1 Å². The molecular formula is C32H35F2NOS. The lowest BCUT2D eigenvalue weighted by atomic mass is 10.00. The second-order valence-corrected chi connectivity index (χ2v) is 9.85. The minimum absolute atomic E-state index is 0.0767. The molecule has 3 aromatic rings. The zero-order valence-corrected chi connectivity index (χ0v) is 22.6. The number of aliphatic hydroxyl groups is 1. The van der Waals surface area contributed by atoms with E-state index in [0.717, 1.165) is 45.6 Å². The second kappa shape index (κ2) is 14.7. The third kappa shape index (κ3) is 9.12. The summed E-state index contributed by atoms with van der Waals surface area (Å²) in [6, 6.07) is 19.0. The minimum Gasteiger partial charge on any atom is -0.392 e. The van der Waals surface area contributed by atoms with E-state index in [-0.39, 0.29) is 18.2 Å². The van der Waals surface area contributed by atoms with Crippen molar-refractivity contribution in [3.05, 3.63) is 130 Å². The fraction of sp³-hybridized carbons (Fsp3) is 0.250. The molecule has 1 N–H and O–H groups in total. The van der Waals surface area contributed by atoms with Crippen LogP contribution in [0.3, 0.4) is 0 Å². The molecule has 0 radical (unpaired) electrons. The van der Waals surface area contributed by atoms with E-state index in [2.05, 4.69) is 41.6 Å². The maximum atomic E-state index is 13.5. The molecule has 5 heteroatoms. The fourth-order valence-electron chi connectivity index (χ4n) is 3.97. The van der Waals surface area contributed by atoms with E-state index in [1.807, 2.05) is 38.1 Å². The van der Waals surface area contributed by atoms with Crippen LogP contribution in [0.1, 0.15) is 50.3 Å². The highest BCUT2D eigenvalue weighted by Gasteiger charge is 2.13. The van der Waals surface area contributed by atoms with Crippen molar-refractivity contribution in [1.82, 2.24) is 4.31 Å². The van der Waals surface area contributed by atoms with Gasteiger partial charge >= 0.3 is 0 Å². The predicted molar refractivity (Wildman–Crippen MR) is 153 cm³/mol. The van der Waals surface area contributed by atoms with Gasteiger partial charge in [-0.2, -0.15) is 0 Å². The Hall–Kier alpha value is -2.99. The summed E-state index contributed by atoms with van der Waals surface area (Å²) in [7, 11) is 0. The van der Waals surface area contributed by atoms with E-state index in [9.17, 15) is 13.9 Å². The smallest absolute Gasteiger partial charge is 0.123 e. The molecule has 0 aliphatic heterocycles. The van der Waals surface area contributed by atoms with Crippen molar-refractivity contribution in [2.75, 3.05) is 0 Å². The van der Waals surface area contributed by atoms with Crippen LogP contribution in [-0.4, -0.2) is 9.41 Å². The Balaban J connectivity index is 0.00000186. The first kappa shape index (κ1) is 28.6. The first-order valence-corrected chi connectivity index (χ1v) is 13.5. The molecule has 4 rings (SSSR count). The van der Waals surface area contributed by atoms with Crippen LogP contribution in [-0.2, 0) is 19.7 Å². The Morgan fingerprint density at radius 2 is 1.32 bits per heavy atom. The maximum absolute atomic E-state index is 13.5. The molecule has 0 saturated heterocycles. The molecule has 0 heterocycles. The van der Waals surface area contributed by atoms with Crippen LogP contribution in [0.4, 0.5) is 8.78 Å². The van der Waals surface area contributed by atoms with Crippen LogP contribution in [0.25, 0.3) is 11.1 Å². The Morgan fingerprint density at radius 1 is 0.730 bits per heavy atom. The van der Waals surface area contributed by atoms with Crippen LogP contribution < -0.4 is 0 Å². The highest BCUT2D eigenvalue weighted by molar-refractivity contribution is 8.01. The van der Waals surface area contributed by atoms with Crippen molar-refractivity contribution in [2.24, 2.45) is 0 Å². The summed E-state index contributed by atoms with van der Waals surface area (Å²) in [5, 5.41) is 9.88. The molecule has 0 atom stereocenters. The van der Waals surface area contributed by atoms with Gasteiger partial charge in [-0.1, -0.05) is 68.0 Å². The Kier molecular flexibility index (Phi) is 11.3. The molecule has 0 amide bonds. The summed E-state index contributed by atoms with van der Waals surface area (Å²) >= 11 is 1.68. The Labute approximate surface area is 224 Å². The number of aliphatic hydroxyl groups excluding tert-OH is 1. The number of allylic oxidation sites excluding steroid dienone is 5. The standard InChI is InChI=1S/C30H29F2NOS.C2H6/c1-22-4-2-3-5-30(15-6-22)35-33(19-23-7-11-28(31)12-8-23)20-24-16-25(21-34)18-27(17-24)26-9-13-29(32)14-10-26;1-2/h4-18,34H,2-3,19-21H2,1H3;1-2H3/b15-6?,22-4-,30-5?;. The van der Waals surface area contributed by atoms with Gasteiger partial charge in [-0.25, -0.2) is 13.1 Å². The van der Waals surface area contributed by atoms with Crippen molar-refractivity contribution < 1.29 is 13.9 Å². The van der Waals surface area contributed by atoms with Gasteiger partial charge < -0.3 is 5.11 Å². The summed E-state index contributed by atoms with van der Waals surface area (Å²) in [6.07, 6.45) is 10.7. The van der Waals surface area contributed by atoms with E-state index in [0.29, 0.717) is 13.1 Å². The number of rotatable bonds is 8. The zero-order valence-electron chi connectivity index (χ0n) is 21.8. The van der Waals surface area contributed by atoms with Crippen molar-refractivity contribution in [1.29, 1.82) is 0 Å². The summed E-state index contributed by atoms with van der Waals surface area (Å²) in [5.41, 5.74) is 5.94. The molecule has 0 fully saturated rings. The average Bonchev–Trinajstić information content (AvgIpc) is 2.91. The van der Waals surface area contributed by atoms with Gasteiger partial charge in [0.15, 0.2) is 0 Å². The number of hydrogen-bond donors (Lipinski definition) is 1. The summed E-state index contributed by atoms with van der Waals surface area (Å²) < 4.78 is 29.2. The lowest BCUT2D eigenvalue weighted by Crippen LogP contribution is -2.15. The molecule has 0 aromatic heterocycles. The SMILES string of the molecule is C/C1=C/CCC=C(SN(Cc2ccc(F)cc2)Cc2cc(CO)cc(-c3ccc(F)cc3)c2)C=C1.CC. The van der Waals surface area contributed by atoms with Gasteiger partial charge in [-0.15, -0.1) is 0 Å². The Bertz CT molecular complexity index is 1230. The highest BCUT2D eigenvalue weighted by atomic mass is 32.2. The normalized spacial score (nSPS) is 14.7. The molecule has 1 aliphatic rings. The Morgan fingerprint density at radius 3 is 2.00 bits per heavy atom. The lowest BCUT2D eigenvalue weighted by molar-refractivity contribution is 0.281. The van der Waals surface area contributed by atoms with Gasteiger partial charge in [0, 0.05) is 18.0 Å². The van der Waals surface area contributed by atoms with Crippen molar-refractivity contribution in [3.63, 3.8) is 0 Å². The number of halogens is 2. The third-order valence-corrected chi connectivity index (χ3v) is 6.80. The van der Waals surface area contributed by atoms with Gasteiger partial charge in [-0.05, 0) is 102 Å². The van der Waals surface area contributed by atoms with Crippen LogP contribution >= 0.6 is 11.9 Å². The zero-order chi connectivity index (χ0) is 26.6. The van der Waals surface area contributed by atoms with E-state index in [4.69, 9.17) is 0 Å². The monoisotopic (exact) mass is 519 g/mol. The lowest BCUT2D eigenvalue weighted by Gasteiger charge is -2.23. The largest absolute Gasteiger partial charge is 0.392 e. The molecule has 2 nitrogen and oxygen atoms in total. The number of benzene rings is 3. The average molecular weight is 520 g/mol. The maximum Gasteiger partial charge on any atom is 0.123 e. The molecule has 0 saturated carbocycles. The van der Waals surface area contributed by atoms with E-state index in [1.165, 1.54) is 29.8 Å². The predicted octanol–water partition coefficient (Wildman–Crippen LogP) is 8.98. The first-order chi connectivity index (χ1) is 18.0. The van der Waals surface area contributed by atoms with Crippen molar-refractivity contribution in [3.8, 4) is 11.1 Å². The van der Waals surface area contributed by atoms with Crippen LogP contribution in [0, 0.1) is 11.6 Å². The van der Waals surface area contributed by atoms with Gasteiger partial charge in [-0.3, -0.25) is 0 Å². The third-order valence-electron chi connectivity index (χ3n) is 5.77. The van der Waals surface area contributed by atoms with E-state index < -0.39 is 0 Å². The molecule has 0 bridgehead atoms. The molecular weight excluding hydrogens is 484 g/mol. The fourth-order valence-corrected chi connectivity index (χ4v) is 5.02. The molecule has 0 spiro atoms. The highest BCUT2D eigenvalue weighted by Crippen LogP contribution is 2.31. The number of hydrogen-bond acceptors (Lipinski definition) is 3. The first-order valence-electron chi connectivity index (χ1n) is 12.7. The number of nitrogens with zero attached hydrogens (tertiary/aromatic N) is 1. The molecule has 37 heavy (non-hydrogen) atoms. The van der Waals surface area contributed by atoms with E-state index >= 15 is 0 Å². The van der Waals surface area contributed by atoms with Gasteiger partial charge in [0.05, 0.1) is 6.61 Å². The van der Waals surface area contributed by atoms with Crippen molar-refractivity contribution in [2.45, 2.75) is 53.3 Å². The van der Waals surface area contributed by atoms with Crippen molar-refractivity contribution >= 4 is 11.9 Å². The minimum atomic E-state index is -0.278. The molecule has 3 aromatic carbocycles. The van der Waals surface area contributed by atoms with Gasteiger partial charge in [0.25, 0.3) is 0 Å². The molecule has 194 valence electrons. The van der Waals surface area contributed by atoms with Crippen LogP contribution in [0.5, 0.6) is 0 Å². The molecule has 1 aliphatic carbocycles. The van der Waals surface area contributed by atoms with Crippen LogP contribution in [0.2, 0.25) is 0 Å². The summed E-state index contributed by atoms with van der Waals surface area (Å²) in [5.74, 6) is -0.528. The quantitative estimate of drug-likeness (QED) is 0.300. The summed E-state index contributed by atoms with van der Waals surface area (Å²) in [6.45, 7) is 7.27. The van der Waals surface area contributed by atoms with Gasteiger partial charge in [0.2, 0.25) is 0 Å². The topological polar surface area (TPSA) is 23.5 Å².